The summed E-state index contributed by atoms with van der Waals surface area (Å²) in [7, 11) is 1.50. The SMILES string of the molecule is COc1ccc(C)cc1NC(=O)[C@@H](OC(=O)C[C@@H]1Oc2ccccc2NC1=O)c1ccccc1. The lowest BCUT2D eigenvalue weighted by Crippen LogP contribution is -2.39. The van der Waals surface area contributed by atoms with Gasteiger partial charge in [0, 0.05) is 5.56 Å². The highest BCUT2D eigenvalue weighted by atomic mass is 16.6. The molecule has 0 bridgehead atoms. The van der Waals surface area contributed by atoms with Crippen LogP contribution in [0, 0.1) is 6.92 Å². The van der Waals surface area contributed by atoms with Crippen molar-refractivity contribution in [2.75, 3.05) is 17.7 Å². The van der Waals surface area contributed by atoms with Crippen LogP contribution in [0.3, 0.4) is 0 Å². The molecule has 1 aliphatic heterocycles. The van der Waals surface area contributed by atoms with Gasteiger partial charge in [-0.15, -0.1) is 0 Å². The molecule has 0 unspecified atom stereocenters. The molecule has 2 amide bonds. The topological polar surface area (TPSA) is 103 Å². The monoisotopic (exact) mass is 460 g/mol. The van der Waals surface area contributed by atoms with Crippen molar-refractivity contribution in [3.05, 3.63) is 83.9 Å². The Hall–Kier alpha value is -4.33. The van der Waals surface area contributed by atoms with Gasteiger partial charge in [-0.1, -0.05) is 48.5 Å². The van der Waals surface area contributed by atoms with Crippen molar-refractivity contribution >= 4 is 29.2 Å². The van der Waals surface area contributed by atoms with Crippen molar-refractivity contribution in [3.8, 4) is 11.5 Å². The molecule has 2 N–H and O–H groups in total. The number of methoxy groups -OCH3 is 1. The number of carbonyl (C=O) groups is 3. The maximum absolute atomic E-state index is 13.2. The first kappa shape index (κ1) is 22.8. The van der Waals surface area contributed by atoms with Gasteiger partial charge in [0.05, 0.1) is 24.9 Å². The molecule has 3 aromatic rings. The summed E-state index contributed by atoms with van der Waals surface area (Å²) >= 11 is 0. The molecule has 8 heteroatoms. The lowest BCUT2D eigenvalue weighted by atomic mass is 10.1. The van der Waals surface area contributed by atoms with E-state index in [1.807, 2.05) is 13.0 Å². The first-order valence-electron chi connectivity index (χ1n) is 10.7. The first-order valence-corrected chi connectivity index (χ1v) is 10.7. The molecule has 174 valence electrons. The summed E-state index contributed by atoms with van der Waals surface area (Å²) in [6.07, 6.45) is -2.67. The molecule has 1 aliphatic rings. The second kappa shape index (κ2) is 10.1. The zero-order valence-electron chi connectivity index (χ0n) is 18.7. The van der Waals surface area contributed by atoms with E-state index in [-0.39, 0.29) is 6.42 Å². The molecule has 0 saturated heterocycles. The highest BCUT2D eigenvalue weighted by Crippen LogP contribution is 2.31. The van der Waals surface area contributed by atoms with Crippen molar-refractivity contribution in [1.29, 1.82) is 0 Å². The number of benzene rings is 3. The van der Waals surface area contributed by atoms with E-state index < -0.39 is 30.0 Å². The van der Waals surface area contributed by atoms with Crippen molar-refractivity contribution in [3.63, 3.8) is 0 Å². The maximum Gasteiger partial charge on any atom is 0.311 e. The van der Waals surface area contributed by atoms with Gasteiger partial charge >= 0.3 is 5.97 Å². The Balaban J connectivity index is 1.51. The number of rotatable bonds is 7. The fourth-order valence-corrected chi connectivity index (χ4v) is 3.58. The van der Waals surface area contributed by atoms with Gasteiger partial charge < -0.3 is 24.8 Å². The number of hydrogen-bond donors (Lipinski definition) is 2. The number of fused-ring (bicyclic) bond motifs is 1. The molecule has 34 heavy (non-hydrogen) atoms. The minimum atomic E-state index is -1.24. The molecule has 0 radical (unpaired) electrons. The minimum Gasteiger partial charge on any atom is -0.495 e. The van der Waals surface area contributed by atoms with E-state index in [9.17, 15) is 14.4 Å². The number of ether oxygens (including phenoxy) is 3. The van der Waals surface area contributed by atoms with Crippen LogP contribution in [-0.2, 0) is 19.1 Å². The normalized spacial score (nSPS) is 15.2. The largest absolute Gasteiger partial charge is 0.495 e. The van der Waals surface area contributed by atoms with E-state index >= 15 is 0 Å². The minimum absolute atomic E-state index is 0.357. The van der Waals surface area contributed by atoms with Crippen LogP contribution in [0.5, 0.6) is 11.5 Å². The summed E-state index contributed by atoms with van der Waals surface area (Å²) in [6, 6.07) is 20.9. The molecule has 0 fully saturated rings. The van der Waals surface area contributed by atoms with Crippen LogP contribution in [0.4, 0.5) is 11.4 Å². The highest BCUT2D eigenvalue weighted by Gasteiger charge is 2.33. The van der Waals surface area contributed by atoms with Crippen LogP contribution in [0.25, 0.3) is 0 Å². The molecule has 4 rings (SSSR count). The average molecular weight is 460 g/mol. The van der Waals surface area contributed by atoms with Crippen molar-refractivity contribution < 1.29 is 28.6 Å². The molecule has 3 aromatic carbocycles. The third-order valence-electron chi connectivity index (χ3n) is 5.26. The predicted molar refractivity (Wildman–Crippen MR) is 126 cm³/mol. The van der Waals surface area contributed by atoms with Gasteiger partial charge in [0.25, 0.3) is 11.8 Å². The van der Waals surface area contributed by atoms with Gasteiger partial charge in [-0.2, -0.15) is 0 Å². The molecule has 8 nitrogen and oxygen atoms in total. The number of para-hydroxylation sites is 2. The van der Waals surface area contributed by atoms with Crippen molar-refractivity contribution in [1.82, 2.24) is 0 Å². The summed E-state index contributed by atoms with van der Waals surface area (Å²) in [5.74, 6) is -0.824. The van der Waals surface area contributed by atoms with Crippen LogP contribution in [0.1, 0.15) is 23.7 Å². The second-order valence-corrected chi connectivity index (χ2v) is 7.77. The smallest absolute Gasteiger partial charge is 0.311 e. The number of anilines is 2. The zero-order chi connectivity index (χ0) is 24.1. The van der Waals surface area contributed by atoms with Crippen molar-refractivity contribution in [2.45, 2.75) is 25.6 Å². The van der Waals surface area contributed by atoms with Crippen LogP contribution in [0.2, 0.25) is 0 Å². The molecular weight excluding hydrogens is 436 g/mol. The van der Waals surface area contributed by atoms with Gasteiger partial charge in [-0.05, 0) is 36.8 Å². The number of carbonyl (C=O) groups excluding carboxylic acids is 3. The molecule has 0 aromatic heterocycles. The third kappa shape index (κ3) is 5.17. The van der Waals surface area contributed by atoms with Gasteiger partial charge in [0.15, 0.2) is 6.10 Å². The molecule has 2 atom stereocenters. The molecule has 0 spiro atoms. The van der Waals surface area contributed by atoms with Crippen LogP contribution in [-0.4, -0.2) is 31.0 Å². The van der Waals surface area contributed by atoms with Gasteiger partial charge in [-0.3, -0.25) is 14.4 Å². The van der Waals surface area contributed by atoms with Crippen LogP contribution >= 0.6 is 0 Å². The number of esters is 1. The van der Waals surface area contributed by atoms with Crippen LogP contribution < -0.4 is 20.1 Å². The summed E-state index contributed by atoms with van der Waals surface area (Å²) in [6.45, 7) is 1.89. The second-order valence-electron chi connectivity index (χ2n) is 7.77. The summed E-state index contributed by atoms with van der Waals surface area (Å²) < 4.78 is 16.6. The summed E-state index contributed by atoms with van der Waals surface area (Å²) in [4.78, 5) is 38.4. The van der Waals surface area contributed by atoms with E-state index in [0.717, 1.165) is 5.56 Å². The Morgan fingerprint density at radius 3 is 2.56 bits per heavy atom. The Morgan fingerprint density at radius 1 is 1.06 bits per heavy atom. The maximum atomic E-state index is 13.2. The average Bonchev–Trinajstić information content (AvgIpc) is 2.83. The van der Waals surface area contributed by atoms with Gasteiger partial charge in [-0.25, -0.2) is 0 Å². The fraction of sp³-hybridized carbons (Fsp3) is 0.192. The van der Waals surface area contributed by atoms with E-state index in [4.69, 9.17) is 14.2 Å². The standard InChI is InChI=1S/C26H24N2O6/c1-16-12-13-20(32-2)19(14-16)28-26(31)24(17-8-4-3-5-9-17)34-23(29)15-22-25(30)27-18-10-6-7-11-21(18)33-22/h3-14,22,24H,15H2,1-2H3,(H,27,30)(H,28,31)/t22-,24-/m0/s1. The number of hydrogen-bond acceptors (Lipinski definition) is 6. The Morgan fingerprint density at radius 2 is 1.79 bits per heavy atom. The lowest BCUT2D eigenvalue weighted by molar-refractivity contribution is -0.157. The molecule has 1 heterocycles. The van der Waals surface area contributed by atoms with Crippen molar-refractivity contribution in [2.24, 2.45) is 0 Å². The lowest BCUT2D eigenvalue weighted by Gasteiger charge is -2.26. The predicted octanol–water partition coefficient (Wildman–Crippen LogP) is 4.02. The van der Waals surface area contributed by atoms with Gasteiger partial charge in [0.1, 0.15) is 11.5 Å². The fourth-order valence-electron chi connectivity index (χ4n) is 3.58. The number of aryl methyl sites for hydroxylation is 1. The van der Waals surface area contributed by atoms with E-state index in [0.29, 0.717) is 28.4 Å². The first-order chi connectivity index (χ1) is 16.4. The summed E-state index contributed by atoms with van der Waals surface area (Å²) in [5, 5.41) is 5.49. The summed E-state index contributed by atoms with van der Waals surface area (Å²) in [5.41, 5.74) is 2.39. The quantitative estimate of drug-likeness (QED) is 0.517. The zero-order valence-corrected chi connectivity index (χ0v) is 18.7. The Bertz CT molecular complexity index is 1210. The number of amides is 2. The Kier molecular flexibility index (Phi) is 6.77. The molecule has 0 aliphatic carbocycles. The number of nitrogens with one attached hydrogen (secondary N) is 2. The van der Waals surface area contributed by atoms with Crippen LogP contribution in [0.15, 0.2) is 72.8 Å². The van der Waals surface area contributed by atoms with E-state index in [1.54, 1.807) is 66.7 Å². The van der Waals surface area contributed by atoms with E-state index in [2.05, 4.69) is 10.6 Å². The molecular formula is C26H24N2O6. The highest BCUT2D eigenvalue weighted by molar-refractivity contribution is 6.00. The molecule has 0 saturated carbocycles. The van der Waals surface area contributed by atoms with E-state index in [1.165, 1.54) is 7.11 Å². The van der Waals surface area contributed by atoms with Gasteiger partial charge in [0.2, 0.25) is 6.10 Å². The third-order valence-corrected chi connectivity index (χ3v) is 5.26. The Labute approximate surface area is 196 Å².